The Hall–Kier alpha value is -3.83. The zero-order valence-corrected chi connectivity index (χ0v) is 17.9. The fraction of sp³-hybridized carbons (Fsp3) is 0.174. The molecule has 1 aromatic carbocycles. The van der Waals surface area contributed by atoms with Gasteiger partial charge in [0.1, 0.15) is 17.8 Å². The van der Waals surface area contributed by atoms with Gasteiger partial charge in [-0.15, -0.1) is 0 Å². The Balaban J connectivity index is 1.99. The highest BCUT2D eigenvalue weighted by Crippen LogP contribution is 2.41. The Kier molecular flexibility index (Phi) is 5.84. The van der Waals surface area contributed by atoms with Gasteiger partial charge in [-0.3, -0.25) is 9.78 Å². The summed E-state index contributed by atoms with van der Waals surface area (Å²) in [6.45, 7) is 2.80. The van der Waals surface area contributed by atoms with Crippen LogP contribution in [0, 0.1) is 19.7 Å². The number of benzene rings is 1. The highest BCUT2D eigenvalue weighted by atomic mass is 19.4. The average molecular weight is 474 g/mol. The van der Waals surface area contributed by atoms with Crippen molar-refractivity contribution < 1.29 is 27.4 Å². The molecule has 4 rings (SSSR count). The maximum atomic E-state index is 13.6. The predicted molar refractivity (Wildman–Crippen MR) is 116 cm³/mol. The third-order valence-electron chi connectivity index (χ3n) is 5.27. The van der Waals surface area contributed by atoms with Crippen molar-refractivity contribution >= 4 is 10.9 Å². The van der Waals surface area contributed by atoms with E-state index in [9.17, 15) is 27.5 Å². The molecule has 3 aromatic heterocycles. The van der Waals surface area contributed by atoms with Crippen molar-refractivity contribution in [1.82, 2.24) is 15.0 Å². The lowest BCUT2D eigenvalue weighted by Crippen LogP contribution is -2.16. The molecule has 0 aliphatic rings. The average Bonchev–Trinajstić information content (AvgIpc) is 2.74. The normalized spacial score (nSPS) is 12.7. The molecule has 176 valence electrons. The third kappa shape index (κ3) is 4.22. The molecule has 0 aliphatic heterocycles. The monoisotopic (exact) mass is 474 g/mol. The first-order valence-electron chi connectivity index (χ1n) is 9.94. The predicted octanol–water partition coefficient (Wildman–Crippen LogP) is 4.50. The van der Waals surface area contributed by atoms with E-state index in [2.05, 4.69) is 15.0 Å². The summed E-state index contributed by atoms with van der Waals surface area (Å²) in [6.07, 6.45) is -4.32. The molecule has 0 saturated heterocycles. The second-order valence-electron chi connectivity index (χ2n) is 7.60. The Morgan fingerprint density at radius 2 is 1.88 bits per heavy atom. The van der Waals surface area contributed by atoms with Gasteiger partial charge in [0.15, 0.2) is 5.43 Å². The highest BCUT2D eigenvalue weighted by Gasteiger charge is 2.35. The minimum atomic E-state index is -4.71. The Morgan fingerprint density at radius 3 is 2.53 bits per heavy atom. The zero-order chi connectivity index (χ0) is 24.8. The number of aromatic amines is 1. The quantitative estimate of drug-likeness (QED) is 0.296. The van der Waals surface area contributed by atoms with Gasteiger partial charge in [0.05, 0.1) is 33.4 Å². The molecule has 0 radical (unpaired) electrons. The molecule has 4 N–H and O–H groups in total. The minimum absolute atomic E-state index is 0.00399. The molecule has 34 heavy (non-hydrogen) atoms. The van der Waals surface area contributed by atoms with Crippen LogP contribution in [-0.2, 0) is 6.18 Å². The van der Waals surface area contributed by atoms with E-state index >= 15 is 0 Å². The van der Waals surface area contributed by atoms with Crippen LogP contribution in [0.4, 0.5) is 17.6 Å². The van der Waals surface area contributed by atoms with E-state index in [1.54, 1.807) is 6.92 Å². The molecule has 1 atom stereocenters. The van der Waals surface area contributed by atoms with Crippen molar-refractivity contribution in [2.24, 2.45) is 5.73 Å². The third-order valence-corrected chi connectivity index (χ3v) is 5.27. The molecular weight excluding hydrogens is 456 g/mol. The smallest absolute Gasteiger partial charge is 0.418 e. The highest BCUT2D eigenvalue weighted by molar-refractivity contribution is 5.85. The van der Waals surface area contributed by atoms with Crippen molar-refractivity contribution in [3.05, 3.63) is 81.2 Å². The van der Waals surface area contributed by atoms with Gasteiger partial charge in [-0.1, -0.05) is 0 Å². The molecule has 0 amide bonds. The molecule has 11 heteroatoms. The molecular formula is C23H18F4N4O3. The number of nitrogens with two attached hydrogens (primary N) is 1. The first-order chi connectivity index (χ1) is 16.0. The number of ether oxygens (including phenoxy) is 1. The van der Waals surface area contributed by atoms with E-state index in [0.717, 1.165) is 12.1 Å². The van der Waals surface area contributed by atoms with E-state index in [1.807, 2.05) is 0 Å². The lowest BCUT2D eigenvalue weighted by Gasteiger charge is -2.18. The van der Waals surface area contributed by atoms with Gasteiger partial charge in [0.2, 0.25) is 5.88 Å². The molecule has 0 saturated carbocycles. The molecule has 0 aliphatic carbocycles. The van der Waals surface area contributed by atoms with Crippen molar-refractivity contribution in [2.45, 2.75) is 26.3 Å². The second kappa shape index (κ2) is 8.50. The number of aliphatic hydroxyl groups excluding tert-OH is 1. The largest absolute Gasteiger partial charge is 0.438 e. The standard InChI is InChI=1S/C23H18F4N4O3/c1-10-7-12(24)3-4-17(10)34-22-18(11(2)13(9-30-22)23(25,26)27)15-8-16(32)19-14(31-15)5-6-29-20(19)21(28)33/h3-9,21,33H,28H2,1-2H3,(H,31,32). The number of aryl methyl sites for hydroxylation is 1. The summed E-state index contributed by atoms with van der Waals surface area (Å²) >= 11 is 0. The van der Waals surface area contributed by atoms with Crippen LogP contribution in [0.15, 0.2) is 47.5 Å². The summed E-state index contributed by atoms with van der Waals surface area (Å²) in [5.74, 6) is -0.550. The topological polar surface area (TPSA) is 114 Å². The van der Waals surface area contributed by atoms with Crippen LogP contribution in [-0.4, -0.2) is 20.1 Å². The van der Waals surface area contributed by atoms with E-state index in [4.69, 9.17) is 10.5 Å². The van der Waals surface area contributed by atoms with Crippen LogP contribution in [0.5, 0.6) is 11.6 Å². The van der Waals surface area contributed by atoms with Gasteiger partial charge in [0, 0.05) is 18.5 Å². The van der Waals surface area contributed by atoms with E-state index < -0.39 is 29.2 Å². The van der Waals surface area contributed by atoms with E-state index in [1.165, 1.54) is 31.3 Å². The summed E-state index contributed by atoms with van der Waals surface area (Å²) < 4.78 is 60.2. The van der Waals surface area contributed by atoms with Gasteiger partial charge in [0.25, 0.3) is 0 Å². The van der Waals surface area contributed by atoms with Crippen LogP contribution in [0.2, 0.25) is 0 Å². The van der Waals surface area contributed by atoms with Crippen LogP contribution >= 0.6 is 0 Å². The van der Waals surface area contributed by atoms with Gasteiger partial charge in [-0.25, -0.2) is 9.37 Å². The SMILES string of the molecule is Cc1cc(F)ccc1Oc1ncc(C(F)(F)F)c(C)c1-c1cc(=O)c2c(C(N)O)nccc2[nH]1. The van der Waals surface area contributed by atoms with Crippen molar-refractivity contribution in [1.29, 1.82) is 0 Å². The van der Waals surface area contributed by atoms with Crippen LogP contribution in [0.25, 0.3) is 22.2 Å². The summed E-state index contributed by atoms with van der Waals surface area (Å²) in [5.41, 5.74) is 4.00. The number of H-pyrrole nitrogens is 1. The number of hydrogen-bond donors (Lipinski definition) is 3. The minimum Gasteiger partial charge on any atom is -0.438 e. The molecule has 4 aromatic rings. The van der Waals surface area contributed by atoms with Gasteiger partial charge >= 0.3 is 6.18 Å². The Bertz CT molecular complexity index is 1470. The molecule has 7 nitrogen and oxygen atoms in total. The Morgan fingerprint density at radius 1 is 1.15 bits per heavy atom. The van der Waals surface area contributed by atoms with E-state index in [-0.39, 0.29) is 45.0 Å². The summed E-state index contributed by atoms with van der Waals surface area (Å²) in [7, 11) is 0. The first-order valence-corrected chi connectivity index (χ1v) is 9.94. The molecule has 1 unspecified atom stereocenters. The second-order valence-corrected chi connectivity index (χ2v) is 7.60. The van der Waals surface area contributed by atoms with Gasteiger partial charge in [-0.2, -0.15) is 13.2 Å². The number of halogens is 4. The summed E-state index contributed by atoms with van der Waals surface area (Å²) in [6, 6.07) is 6.16. The lowest BCUT2D eigenvalue weighted by molar-refractivity contribution is -0.138. The number of aromatic nitrogens is 3. The fourth-order valence-electron chi connectivity index (χ4n) is 3.68. The first kappa shape index (κ1) is 23.3. The molecule has 0 spiro atoms. The maximum absolute atomic E-state index is 13.6. The Labute approximate surface area is 189 Å². The number of nitrogens with zero attached hydrogens (tertiary/aromatic N) is 2. The number of nitrogens with one attached hydrogen (secondary N) is 1. The lowest BCUT2D eigenvalue weighted by atomic mass is 10.0. The molecule has 0 fully saturated rings. The maximum Gasteiger partial charge on any atom is 0.418 e. The van der Waals surface area contributed by atoms with Crippen molar-refractivity contribution in [3.63, 3.8) is 0 Å². The number of pyridine rings is 3. The fourth-order valence-corrected chi connectivity index (χ4v) is 3.68. The van der Waals surface area contributed by atoms with Crippen molar-refractivity contribution in [3.8, 4) is 22.9 Å². The molecule has 3 heterocycles. The summed E-state index contributed by atoms with van der Waals surface area (Å²) in [4.78, 5) is 23.6. The van der Waals surface area contributed by atoms with Crippen LogP contribution in [0.3, 0.4) is 0 Å². The van der Waals surface area contributed by atoms with E-state index in [0.29, 0.717) is 11.8 Å². The number of hydrogen-bond acceptors (Lipinski definition) is 6. The number of alkyl halides is 3. The van der Waals surface area contributed by atoms with Crippen LogP contribution in [0.1, 0.15) is 28.6 Å². The van der Waals surface area contributed by atoms with Gasteiger partial charge in [-0.05, 0) is 49.2 Å². The molecule has 0 bridgehead atoms. The number of fused-ring (bicyclic) bond motifs is 1. The number of aliphatic hydroxyl groups is 1. The van der Waals surface area contributed by atoms with Crippen molar-refractivity contribution in [2.75, 3.05) is 0 Å². The summed E-state index contributed by atoms with van der Waals surface area (Å²) in [5, 5.41) is 9.73. The van der Waals surface area contributed by atoms with Gasteiger partial charge < -0.3 is 20.6 Å². The number of rotatable bonds is 4. The zero-order valence-electron chi connectivity index (χ0n) is 17.9. The van der Waals surface area contributed by atoms with Crippen LogP contribution < -0.4 is 15.9 Å².